The summed E-state index contributed by atoms with van der Waals surface area (Å²) in [5.41, 5.74) is 6.00. The van der Waals surface area contributed by atoms with Crippen molar-refractivity contribution in [3.8, 4) is 0 Å². The summed E-state index contributed by atoms with van der Waals surface area (Å²) >= 11 is 0. The number of rotatable bonds is 1. The van der Waals surface area contributed by atoms with E-state index in [0.717, 1.165) is 19.3 Å². The molecule has 3 heteroatoms. The van der Waals surface area contributed by atoms with Gasteiger partial charge in [-0.2, -0.15) is 0 Å². The lowest BCUT2D eigenvalue weighted by molar-refractivity contribution is -0.137. The number of carbonyl (C=O) groups excluding carboxylic acids is 1. The molecule has 4 unspecified atom stereocenters. The normalized spacial score (nSPS) is 48.1. The first-order chi connectivity index (χ1) is 7.16. The van der Waals surface area contributed by atoms with Gasteiger partial charge in [0.05, 0.1) is 0 Å². The monoisotopic (exact) mass is 208 g/mol. The van der Waals surface area contributed by atoms with Crippen LogP contribution in [0.5, 0.6) is 0 Å². The summed E-state index contributed by atoms with van der Waals surface area (Å²) in [4.78, 5) is 14.4. The Morgan fingerprint density at radius 3 is 2.20 bits per heavy atom. The Kier molecular flexibility index (Phi) is 2.06. The Labute approximate surface area is 91.0 Å². The molecule has 0 spiro atoms. The fourth-order valence-corrected chi connectivity index (χ4v) is 3.44. The highest BCUT2D eigenvalue weighted by atomic mass is 16.2. The van der Waals surface area contributed by atoms with Crippen LogP contribution in [0.1, 0.15) is 39.0 Å². The number of piperidine rings is 1. The second-order valence-corrected chi connectivity index (χ2v) is 5.68. The Morgan fingerprint density at radius 2 is 1.73 bits per heavy atom. The molecule has 84 valence electrons. The molecule has 3 fully saturated rings. The molecule has 1 aliphatic carbocycles. The largest absolute Gasteiger partial charge is 0.336 e. The van der Waals surface area contributed by atoms with Gasteiger partial charge in [-0.25, -0.2) is 0 Å². The van der Waals surface area contributed by atoms with Gasteiger partial charge in [0.2, 0.25) is 5.91 Å². The molecule has 2 bridgehead atoms. The summed E-state index contributed by atoms with van der Waals surface area (Å²) < 4.78 is 0. The van der Waals surface area contributed by atoms with Gasteiger partial charge in [-0.1, -0.05) is 6.92 Å². The van der Waals surface area contributed by atoms with Crippen LogP contribution in [0.4, 0.5) is 0 Å². The van der Waals surface area contributed by atoms with Crippen molar-refractivity contribution in [2.75, 3.05) is 0 Å². The lowest BCUT2D eigenvalue weighted by atomic mass is 9.97. The topological polar surface area (TPSA) is 46.3 Å². The van der Waals surface area contributed by atoms with Crippen molar-refractivity contribution in [1.29, 1.82) is 0 Å². The van der Waals surface area contributed by atoms with Crippen molar-refractivity contribution in [1.82, 2.24) is 4.90 Å². The maximum atomic E-state index is 12.2. The average Bonchev–Trinajstić information content (AvgIpc) is 2.84. The van der Waals surface area contributed by atoms with Gasteiger partial charge in [0, 0.05) is 24.0 Å². The van der Waals surface area contributed by atoms with Crippen LogP contribution in [-0.2, 0) is 4.79 Å². The van der Waals surface area contributed by atoms with Crippen molar-refractivity contribution >= 4 is 5.91 Å². The minimum atomic E-state index is 0.336. The van der Waals surface area contributed by atoms with E-state index < -0.39 is 0 Å². The van der Waals surface area contributed by atoms with Crippen LogP contribution >= 0.6 is 0 Å². The molecule has 0 aromatic rings. The number of hydrogen-bond acceptors (Lipinski definition) is 2. The van der Waals surface area contributed by atoms with Gasteiger partial charge >= 0.3 is 0 Å². The Morgan fingerprint density at radius 1 is 1.20 bits per heavy atom. The quantitative estimate of drug-likeness (QED) is 0.702. The van der Waals surface area contributed by atoms with Crippen molar-refractivity contribution in [2.24, 2.45) is 17.6 Å². The van der Waals surface area contributed by atoms with Crippen LogP contribution in [0, 0.1) is 11.8 Å². The zero-order valence-corrected chi connectivity index (χ0v) is 9.36. The van der Waals surface area contributed by atoms with Crippen molar-refractivity contribution in [3.63, 3.8) is 0 Å². The van der Waals surface area contributed by atoms with Crippen LogP contribution in [0.25, 0.3) is 0 Å². The van der Waals surface area contributed by atoms with E-state index in [1.165, 1.54) is 12.8 Å². The molecule has 0 aromatic carbocycles. The summed E-state index contributed by atoms with van der Waals surface area (Å²) in [6, 6.07) is 1.28. The Balaban J connectivity index is 1.74. The first kappa shape index (κ1) is 9.64. The summed E-state index contributed by atoms with van der Waals surface area (Å²) in [5, 5.41) is 0. The molecule has 1 saturated carbocycles. The summed E-state index contributed by atoms with van der Waals surface area (Å²) in [6.07, 6.45) is 5.55. The minimum absolute atomic E-state index is 0.336. The number of carbonyl (C=O) groups is 1. The van der Waals surface area contributed by atoms with Crippen LogP contribution < -0.4 is 5.73 Å². The average molecular weight is 208 g/mol. The number of amides is 1. The zero-order valence-electron chi connectivity index (χ0n) is 9.36. The minimum Gasteiger partial charge on any atom is -0.336 e. The molecular weight excluding hydrogens is 188 g/mol. The molecule has 0 aromatic heterocycles. The summed E-state index contributed by atoms with van der Waals surface area (Å²) in [7, 11) is 0. The third-order valence-electron chi connectivity index (χ3n) is 4.45. The highest BCUT2D eigenvalue weighted by molar-refractivity contribution is 5.82. The van der Waals surface area contributed by atoms with E-state index in [0.29, 0.717) is 35.9 Å². The lowest BCUT2D eigenvalue weighted by Gasteiger charge is -2.38. The number of nitrogens with zero attached hydrogens (tertiary/aromatic N) is 1. The Hall–Kier alpha value is -0.570. The van der Waals surface area contributed by atoms with Crippen LogP contribution in [-0.4, -0.2) is 28.9 Å². The van der Waals surface area contributed by atoms with E-state index in [1.807, 2.05) is 0 Å². The second-order valence-electron chi connectivity index (χ2n) is 5.68. The molecule has 3 aliphatic rings. The maximum absolute atomic E-state index is 12.2. The van der Waals surface area contributed by atoms with E-state index in [-0.39, 0.29) is 0 Å². The fraction of sp³-hybridized carbons (Fsp3) is 0.917. The van der Waals surface area contributed by atoms with Crippen molar-refractivity contribution in [3.05, 3.63) is 0 Å². The first-order valence-corrected chi connectivity index (χ1v) is 6.24. The van der Waals surface area contributed by atoms with Crippen molar-refractivity contribution < 1.29 is 4.79 Å². The maximum Gasteiger partial charge on any atom is 0.226 e. The standard InChI is InChI=1S/C12H20N2O/c1-7-4-11(7)12(15)14-9-2-3-10(14)6-8(13)5-9/h7-11H,2-6,13H2,1H3. The number of nitrogens with two attached hydrogens (primary N) is 1. The molecule has 3 rings (SSSR count). The number of fused-ring (bicyclic) bond motifs is 2. The molecule has 3 nitrogen and oxygen atoms in total. The smallest absolute Gasteiger partial charge is 0.226 e. The first-order valence-electron chi connectivity index (χ1n) is 6.24. The van der Waals surface area contributed by atoms with Crippen LogP contribution in [0.3, 0.4) is 0 Å². The van der Waals surface area contributed by atoms with E-state index in [9.17, 15) is 4.79 Å². The molecule has 2 heterocycles. The number of hydrogen-bond donors (Lipinski definition) is 1. The van der Waals surface area contributed by atoms with Gasteiger partial charge in [-0.3, -0.25) is 4.79 Å². The van der Waals surface area contributed by atoms with Gasteiger partial charge < -0.3 is 10.6 Å². The summed E-state index contributed by atoms with van der Waals surface area (Å²) in [5.74, 6) is 1.41. The fourth-order valence-electron chi connectivity index (χ4n) is 3.44. The molecule has 15 heavy (non-hydrogen) atoms. The van der Waals surface area contributed by atoms with E-state index in [1.54, 1.807) is 0 Å². The molecule has 2 N–H and O–H groups in total. The molecular formula is C12H20N2O. The molecule has 1 amide bonds. The third kappa shape index (κ3) is 1.48. The predicted octanol–water partition coefficient (Wildman–Crippen LogP) is 1.12. The second kappa shape index (κ2) is 3.21. The molecule has 0 radical (unpaired) electrons. The van der Waals surface area contributed by atoms with Gasteiger partial charge in [0.1, 0.15) is 0 Å². The SMILES string of the molecule is CC1CC1C(=O)N1C2CCC1CC(N)C2. The highest BCUT2D eigenvalue weighted by Crippen LogP contribution is 2.44. The molecule has 2 aliphatic heterocycles. The highest BCUT2D eigenvalue weighted by Gasteiger charge is 2.49. The van der Waals surface area contributed by atoms with Gasteiger partial charge in [0.15, 0.2) is 0 Å². The van der Waals surface area contributed by atoms with Crippen molar-refractivity contribution in [2.45, 2.75) is 57.2 Å². The van der Waals surface area contributed by atoms with E-state index >= 15 is 0 Å². The lowest BCUT2D eigenvalue weighted by Crippen LogP contribution is -2.50. The molecule has 2 saturated heterocycles. The van der Waals surface area contributed by atoms with Crippen LogP contribution in [0.15, 0.2) is 0 Å². The van der Waals surface area contributed by atoms with Gasteiger partial charge in [0.25, 0.3) is 0 Å². The third-order valence-corrected chi connectivity index (χ3v) is 4.45. The predicted molar refractivity (Wildman–Crippen MR) is 58.1 cm³/mol. The van der Waals surface area contributed by atoms with E-state index in [2.05, 4.69) is 11.8 Å². The van der Waals surface area contributed by atoms with E-state index in [4.69, 9.17) is 5.73 Å². The summed E-state index contributed by atoms with van der Waals surface area (Å²) in [6.45, 7) is 2.18. The Bertz CT molecular complexity index is 277. The van der Waals surface area contributed by atoms with Crippen LogP contribution in [0.2, 0.25) is 0 Å². The van der Waals surface area contributed by atoms with Gasteiger partial charge in [-0.15, -0.1) is 0 Å². The zero-order chi connectivity index (χ0) is 10.6. The van der Waals surface area contributed by atoms with Gasteiger partial charge in [-0.05, 0) is 38.0 Å². The molecule has 4 atom stereocenters.